The Balaban J connectivity index is 1.72. The van der Waals surface area contributed by atoms with E-state index in [2.05, 4.69) is 20.5 Å². The first-order valence-electron chi connectivity index (χ1n) is 10.8. The first-order valence-corrected chi connectivity index (χ1v) is 10.8. The Morgan fingerprint density at radius 2 is 1.93 bits per heavy atom. The molecule has 2 aromatic rings. The molecule has 3 heterocycles. The number of carbonyl (C=O) groups is 1. The van der Waals surface area contributed by atoms with E-state index in [-0.39, 0.29) is 40.4 Å². The van der Waals surface area contributed by atoms with E-state index in [1.165, 1.54) is 0 Å². The lowest BCUT2D eigenvalue weighted by atomic mass is 9.88. The smallest absolute Gasteiger partial charge is 0.366 e. The molecule has 9 heteroatoms. The summed E-state index contributed by atoms with van der Waals surface area (Å²) in [4.78, 5) is 19.3. The Kier molecular flexibility index (Phi) is 5.63. The highest BCUT2D eigenvalue weighted by Gasteiger charge is 2.39. The molecule has 1 amide bonds. The summed E-state index contributed by atoms with van der Waals surface area (Å²) in [7, 11) is 0. The van der Waals surface area contributed by atoms with Crippen LogP contribution in [0.25, 0.3) is 11.0 Å². The third kappa shape index (κ3) is 3.98. The van der Waals surface area contributed by atoms with Crippen molar-refractivity contribution in [3.8, 4) is 0 Å². The minimum Gasteiger partial charge on any atom is -0.366 e. The lowest BCUT2D eigenvalue weighted by Gasteiger charge is -2.30. The van der Waals surface area contributed by atoms with Gasteiger partial charge in [0.25, 0.3) is 0 Å². The second-order valence-electron chi connectivity index (χ2n) is 8.71. The summed E-state index contributed by atoms with van der Waals surface area (Å²) >= 11 is 0. The summed E-state index contributed by atoms with van der Waals surface area (Å²) in [6.45, 7) is 4.25. The van der Waals surface area contributed by atoms with E-state index < -0.39 is 17.8 Å². The van der Waals surface area contributed by atoms with Gasteiger partial charge in [-0.15, -0.1) is 0 Å². The molecule has 2 fully saturated rings. The van der Waals surface area contributed by atoms with Gasteiger partial charge in [0.2, 0.25) is 5.91 Å². The number of halogens is 3. The first kappa shape index (κ1) is 20.9. The maximum absolute atomic E-state index is 13.9. The van der Waals surface area contributed by atoms with Gasteiger partial charge in [0.05, 0.1) is 22.7 Å². The molecule has 1 aliphatic heterocycles. The first-order chi connectivity index (χ1) is 14.3. The van der Waals surface area contributed by atoms with E-state index in [4.69, 9.17) is 0 Å². The maximum atomic E-state index is 13.9. The van der Waals surface area contributed by atoms with Gasteiger partial charge in [-0.2, -0.15) is 18.3 Å². The average Bonchev–Trinajstić information content (AvgIpc) is 3.34. The minimum absolute atomic E-state index is 0.0147. The Morgan fingerprint density at radius 3 is 2.60 bits per heavy atom. The molecule has 0 aromatic carbocycles. The predicted octanol–water partition coefficient (Wildman–Crippen LogP) is 5.04. The number of aromatic amines is 1. The van der Waals surface area contributed by atoms with Gasteiger partial charge >= 0.3 is 6.18 Å². The van der Waals surface area contributed by atoms with Gasteiger partial charge in [-0.1, -0.05) is 19.3 Å². The van der Waals surface area contributed by atoms with E-state index in [1.807, 2.05) is 13.8 Å². The fourth-order valence-corrected chi connectivity index (χ4v) is 4.74. The van der Waals surface area contributed by atoms with Gasteiger partial charge in [0.1, 0.15) is 0 Å². The largest absolute Gasteiger partial charge is 0.417 e. The third-order valence-corrected chi connectivity index (χ3v) is 6.11. The molecule has 0 bridgehead atoms. The van der Waals surface area contributed by atoms with Crippen LogP contribution in [0, 0.1) is 5.92 Å². The zero-order chi connectivity index (χ0) is 21.5. The summed E-state index contributed by atoms with van der Waals surface area (Å²) in [5.74, 6) is 0.200. The quantitative estimate of drug-likeness (QED) is 0.723. The van der Waals surface area contributed by atoms with Crippen LogP contribution in [0.4, 0.5) is 19.0 Å². The van der Waals surface area contributed by atoms with Crippen molar-refractivity contribution in [1.82, 2.24) is 20.1 Å². The minimum atomic E-state index is -4.55. The van der Waals surface area contributed by atoms with Crippen LogP contribution in [-0.4, -0.2) is 38.6 Å². The number of alkyl halides is 3. The van der Waals surface area contributed by atoms with E-state index in [9.17, 15) is 18.0 Å². The number of pyridine rings is 1. The van der Waals surface area contributed by atoms with Crippen LogP contribution in [0.15, 0.2) is 6.07 Å². The number of rotatable bonds is 4. The van der Waals surface area contributed by atoms with Crippen LogP contribution in [0.1, 0.15) is 76.1 Å². The number of amides is 1. The molecule has 0 unspecified atom stereocenters. The van der Waals surface area contributed by atoms with Crippen molar-refractivity contribution in [1.29, 1.82) is 0 Å². The van der Waals surface area contributed by atoms with Gasteiger partial charge in [0.15, 0.2) is 11.5 Å². The lowest BCUT2D eigenvalue weighted by molar-refractivity contribution is -0.137. The average molecular weight is 423 g/mol. The molecule has 164 valence electrons. The molecular weight excluding hydrogens is 395 g/mol. The summed E-state index contributed by atoms with van der Waals surface area (Å²) in [5, 5.41) is 9.58. The number of aromatic nitrogens is 3. The molecule has 4 rings (SSSR count). The number of hydrogen-bond acceptors (Lipinski definition) is 4. The SMILES string of the molecule is CC(C)Nc1n[nH]c2nc([C@@H]3CCCN3C(=O)C3CCCCC3)cc(C(F)(F)F)c12. The maximum Gasteiger partial charge on any atom is 0.417 e. The van der Waals surface area contributed by atoms with Crippen LogP contribution in [0.2, 0.25) is 0 Å². The highest BCUT2D eigenvalue weighted by atomic mass is 19.4. The summed E-state index contributed by atoms with van der Waals surface area (Å²) in [6, 6.07) is 0.617. The molecule has 0 spiro atoms. The molecular formula is C21H28F3N5O. The number of likely N-dealkylation sites (tertiary alicyclic amines) is 1. The van der Waals surface area contributed by atoms with Crippen molar-refractivity contribution < 1.29 is 18.0 Å². The normalized spacial score (nSPS) is 21.0. The van der Waals surface area contributed by atoms with Crippen molar-refractivity contribution in [2.24, 2.45) is 5.92 Å². The van der Waals surface area contributed by atoms with Crippen molar-refractivity contribution in [2.75, 3.05) is 11.9 Å². The van der Waals surface area contributed by atoms with Crippen molar-refractivity contribution in [3.05, 3.63) is 17.3 Å². The summed E-state index contributed by atoms with van der Waals surface area (Å²) in [6.07, 6.45) is 1.80. The Morgan fingerprint density at radius 1 is 1.20 bits per heavy atom. The molecule has 6 nitrogen and oxygen atoms in total. The fraction of sp³-hybridized carbons (Fsp3) is 0.667. The van der Waals surface area contributed by atoms with Crippen LogP contribution < -0.4 is 5.32 Å². The number of fused-ring (bicyclic) bond motifs is 1. The molecule has 1 saturated heterocycles. The van der Waals surface area contributed by atoms with Crippen LogP contribution in [0.3, 0.4) is 0 Å². The highest BCUT2D eigenvalue weighted by molar-refractivity contribution is 5.91. The number of nitrogens with one attached hydrogen (secondary N) is 2. The molecule has 2 aliphatic rings. The molecule has 1 saturated carbocycles. The second-order valence-corrected chi connectivity index (χ2v) is 8.71. The van der Waals surface area contributed by atoms with E-state index in [1.54, 1.807) is 4.90 Å². The van der Waals surface area contributed by atoms with Crippen LogP contribution in [0.5, 0.6) is 0 Å². The molecule has 1 aliphatic carbocycles. The van der Waals surface area contributed by atoms with E-state index in [0.29, 0.717) is 13.0 Å². The number of nitrogens with zero attached hydrogens (tertiary/aromatic N) is 3. The van der Waals surface area contributed by atoms with Crippen LogP contribution >= 0.6 is 0 Å². The monoisotopic (exact) mass is 423 g/mol. The molecule has 2 N–H and O–H groups in total. The van der Waals surface area contributed by atoms with Gasteiger partial charge in [0, 0.05) is 18.5 Å². The highest BCUT2D eigenvalue weighted by Crippen LogP contribution is 2.41. The Labute approximate surface area is 173 Å². The molecule has 0 radical (unpaired) electrons. The zero-order valence-electron chi connectivity index (χ0n) is 17.4. The van der Waals surface area contributed by atoms with Gasteiger partial charge in [-0.05, 0) is 45.6 Å². The van der Waals surface area contributed by atoms with Crippen molar-refractivity contribution >= 4 is 22.8 Å². The van der Waals surface area contributed by atoms with E-state index in [0.717, 1.165) is 44.6 Å². The topological polar surface area (TPSA) is 73.9 Å². The molecule has 1 atom stereocenters. The number of anilines is 1. The van der Waals surface area contributed by atoms with Crippen molar-refractivity contribution in [3.63, 3.8) is 0 Å². The van der Waals surface area contributed by atoms with E-state index >= 15 is 0 Å². The Hall–Kier alpha value is -2.32. The van der Waals surface area contributed by atoms with Gasteiger partial charge in [-0.25, -0.2) is 4.98 Å². The van der Waals surface area contributed by atoms with Gasteiger partial charge in [-0.3, -0.25) is 9.89 Å². The fourth-order valence-electron chi connectivity index (χ4n) is 4.74. The standard InChI is InChI=1S/C21H28F3N5O/c1-12(2)25-18-17-14(21(22,23)24)11-15(26-19(17)28-27-18)16-9-6-10-29(16)20(30)13-7-4-3-5-8-13/h11-13,16H,3-10H2,1-2H3,(H2,25,26,27,28)/t16-/m0/s1. The van der Waals surface area contributed by atoms with Crippen molar-refractivity contribution in [2.45, 2.75) is 77.1 Å². The second kappa shape index (κ2) is 8.07. The number of hydrogen-bond donors (Lipinski definition) is 2. The van der Waals surface area contributed by atoms with Crippen LogP contribution in [-0.2, 0) is 11.0 Å². The number of H-pyrrole nitrogens is 1. The lowest BCUT2D eigenvalue weighted by Crippen LogP contribution is -2.37. The number of carbonyl (C=O) groups excluding carboxylic acids is 1. The summed E-state index contributed by atoms with van der Waals surface area (Å²) < 4.78 is 41.8. The predicted molar refractivity (Wildman–Crippen MR) is 108 cm³/mol. The summed E-state index contributed by atoms with van der Waals surface area (Å²) in [5.41, 5.74) is -0.382. The zero-order valence-corrected chi connectivity index (χ0v) is 17.4. The molecule has 30 heavy (non-hydrogen) atoms. The molecule has 2 aromatic heterocycles. The Bertz CT molecular complexity index is 917. The third-order valence-electron chi connectivity index (χ3n) is 6.11. The van der Waals surface area contributed by atoms with Gasteiger partial charge < -0.3 is 10.2 Å².